The summed E-state index contributed by atoms with van der Waals surface area (Å²) < 4.78 is 0. The van der Waals surface area contributed by atoms with Crippen LogP contribution in [0.4, 0.5) is 0 Å². The van der Waals surface area contributed by atoms with Crippen LogP contribution >= 0.6 is 0 Å². The van der Waals surface area contributed by atoms with E-state index in [4.69, 9.17) is 10.8 Å². The summed E-state index contributed by atoms with van der Waals surface area (Å²) in [5, 5.41) is 9.15. The van der Waals surface area contributed by atoms with E-state index in [1.165, 1.54) is 0 Å². The first-order valence-electron chi connectivity index (χ1n) is 3.26. The second-order valence-electron chi connectivity index (χ2n) is 3.53. The summed E-state index contributed by atoms with van der Waals surface area (Å²) in [5.41, 5.74) is 4.11. The monoisotopic (exact) mass is 141 g/mol. The third-order valence-electron chi connectivity index (χ3n) is 0.691. The van der Waals surface area contributed by atoms with Crippen molar-refractivity contribution in [2.75, 3.05) is 0 Å². The Labute approximate surface area is 62.4 Å². The third-order valence-corrected chi connectivity index (χ3v) is 0.691. The van der Waals surface area contributed by atoms with Crippen molar-refractivity contribution in [2.24, 2.45) is 5.73 Å². The molecule has 0 aliphatic heterocycles. The Kier molecular flexibility index (Phi) is 2.48. The number of rotatable bonds is 0. The average molecular weight is 141 g/mol. The van der Waals surface area contributed by atoms with Gasteiger partial charge in [-0.25, -0.2) is 0 Å². The highest BCUT2D eigenvalue weighted by molar-refractivity contribution is 5.18. The van der Waals surface area contributed by atoms with Gasteiger partial charge in [-0.2, -0.15) is 0 Å². The lowest BCUT2D eigenvalue weighted by Gasteiger charge is -2.11. The maximum absolute atomic E-state index is 9.15. The van der Waals surface area contributed by atoms with Crippen LogP contribution in [0.2, 0.25) is 0 Å². The molecule has 0 bridgehead atoms. The van der Waals surface area contributed by atoms with Crippen LogP contribution in [0.3, 0.4) is 0 Å². The topological polar surface area (TPSA) is 46.2 Å². The Morgan fingerprint density at radius 3 is 1.60 bits per heavy atom. The lowest BCUT2D eigenvalue weighted by Crippen LogP contribution is -2.30. The molecule has 0 rings (SSSR count). The molecule has 0 aromatic heterocycles. The summed E-state index contributed by atoms with van der Waals surface area (Å²) in [6.45, 7) is 6.86. The summed E-state index contributed by atoms with van der Waals surface area (Å²) in [6, 6.07) is 0. The standard InChI is InChI=1S/C8H15NO/c1-7(2,9)5-6-8(3,4)10/h10H,9H2,1-4H3. The Morgan fingerprint density at radius 2 is 1.50 bits per heavy atom. The van der Waals surface area contributed by atoms with E-state index in [9.17, 15) is 0 Å². The van der Waals surface area contributed by atoms with Gasteiger partial charge in [-0.05, 0) is 27.7 Å². The van der Waals surface area contributed by atoms with Gasteiger partial charge < -0.3 is 10.8 Å². The molecule has 2 heteroatoms. The van der Waals surface area contributed by atoms with E-state index < -0.39 is 11.1 Å². The van der Waals surface area contributed by atoms with Crippen molar-refractivity contribution in [3.63, 3.8) is 0 Å². The number of aliphatic hydroxyl groups is 1. The van der Waals surface area contributed by atoms with E-state index in [0.29, 0.717) is 0 Å². The van der Waals surface area contributed by atoms with Gasteiger partial charge in [0, 0.05) is 0 Å². The van der Waals surface area contributed by atoms with E-state index in [2.05, 4.69) is 11.8 Å². The Bertz CT molecular complexity index is 142. The highest BCUT2D eigenvalue weighted by Crippen LogP contribution is 1.99. The fourth-order valence-corrected chi connectivity index (χ4v) is 0.314. The van der Waals surface area contributed by atoms with Gasteiger partial charge in [-0.15, -0.1) is 0 Å². The van der Waals surface area contributed by atoms with E-state index >= 15 is 0 Å². The van der Waals surface area contributed by atoms with Crippen LogP contribution in [0.25, 0.3) is 0 Å². The van der Waals surface area contributed by atoms with Crippen molar-refractivity contribution < 1.29 is 5.11 Å². The lowest BCUT2D eigenvalue weighted by atomic mass is 10.1. The smallest absolute Gasteiger partial charge is 0.120 e. The molecule has 0 atom stereocenters. The van der Waals surface area contributed by atoms with E-state index in [0.717, 1.165) is 0 Å². The second-order valence-corrected chi connectivity index (χ2v) is 3.53. The largest absolute Gasteiger partial charge is 0.378 e. The Hall–Kier alpha value is -0.520. The number of nitrogens with two attached hydrogens (primary N) is 1. The van der Waals surface area contributed by atoms with Crippen LogP contribution in [0.1, 0.15) is 27.7 Å². The minimum Gasteiger partial charge on any atom is -0.378 e. The first-order chi connectivity index (χ1) is 4.21. The molecule has 0 heterocycles. The molecule has 3 N–H and O–H groups in total. The number of hydrogen-bond donors (Lipinski definition) is 2. The van der Waals surface area contributed by atoms with Gasteiger partial charge in [-0.3, -0.25) is 0 Å². The summed E-state index contributed by atoms with van der Waals surface area (Å²) in [7, 11) is 0. The molecule has 0 amide bonds. The van der Waals surface area contributed by atoms with Crippen molar-refractivity contribution in [3.8, 4) is 11.8 Å². The predicted octanol–water partition coefficient (Wildman–Crippen LogP) is 0.498. The van der Waals surface area contributed by atoms with Crippen LogP contribution in [-0.2, 0) is 0 Å². The zero-order valence-electron chi connectivity index (χ0n) is 7.02. The Morgan fingerprint density at radius 1 is 1.10 bits per heavy atom. The third kappa shape index (κ3) is 7.48. The van der Waals surface area contributed by atoms with Crippen molar-refractivity contribution in [1.29, 1.82) is 0 Å². The molecular formula is C8H15NO. The minimum atomic E-state index is -0.934. The first kappa shape index (κ1) is 9.48. The lowest BCUT2D eigenvalue weighted by molar-refractivity contribution is 0.143. The van der Waals surface area contributed by atoms with Gasteiger partial charge in [0.25, 0.3) is 0 Å². The maximum atomic E-state index is 9.15. The fourth-order valence-electron chi connectivity index (χ4n) is 0.314. The summed E-state index contributed by atoms with van der Waals surface area (Å²) in [6.07, 6.45) is 0. The van der Waals surface area contributed by atoms with Gasteiger partial charge in [0.05, 0.1) is 5.54 Å². The fraction of sp³-hybridized carbons (Fsp3) is 0.750. The van der Waals surface area contributed by atoms with Crippen LogP contribution in [0.15, 0.2) is 0 Å². The zero-order valence-corrected chi connectivity index (χ0v) is 7.02. The van der Waals surface area contributed by atoms with E-state index in [1.54, 1.807) is 27.7 Å². The average Bonchev–Trinajstić information content (AvgIpc) is 1.57. The number of hydrogen-bond acceptors (Lipinski definition) is 2. The molecule has 10 heavy (non-hydrogen) atoms. The van der Waals surface area contributed by atoms with Crippen LogP contribution < -0.4 is 5.73 Å². The van der Waals surface area contributed by atoms with Crippen molar-refractivity contribution in [2.45, 2.75) is 38.8 Å². The van der Waals surface area contributed by atoms with Crippen molar-refractivity contribution in [1.82, 2.24) is 0 Å². The molecular weight excluding hydrogens is 126 g/mol. The van der Waals surface area contributed by atoms with E-state index in [-0.39, 0.29) is 0 Å². The molecule has 0 aromatic carbocycles. The van der Waals surface area contributed by atoms with Gasteiger partial charge in [0.1, 0.15) is 5.60 Å². The second kappa shape index (κ2) is 2.61. The van der Waals surface area contributed by atoms with Crippen LogP contribution in [0, 0.1) is 11.8 Å². The molecule has 0 aliphatic carbocycles. The summed E-state index contributed by atoms with van der Waals surface area (Å²) >= 11 is 0. The quantitative estimate of drug-likeness (QED) is 0.482. The molecule has 58 valence electrons. The van der Waals surface area contributed by atoms with Gasteiger partial charge in [0.2, 0.25) is 0 Å². The van der Waals surface area contributed by atoms with Gasteiger partial charge in [-0.1, -0.05) is 11.8 Å². The summed E-state index contributed by atoms with van der Waals surface area (Å²) in [4.78, 5) is 0. The molecule has 0 radical (unpaired) electrons. The van der Waals surface area contributed by atoms with Gasteiger partial charge >= 0.3 is 0 Å². The van der Waals surface area contributed by atoms with Crippen molar-refractivity contribution in [3.05, 3.63) is 0 Å². The molecule has 0 aliphatic rings. The summed E-state index contributed by atoms with van der Waals surface area (Å²) in [5.74, 6) is 5.38. The van der Waals surface area contributed by atoms with Crippen LogP contribution in [0.5, 0.6) is 0 Å². The molecule has 0 unspecified atom stereocenters. The zero-order chi connectivity index (χ0) is 8.41. The van der Waals surface area contributed by atoms with E-state index in [1.807, 2.05) is 0 Å². The minimum absolute atomic E-state index is 0.514. The SMILES string of the molecule is CC(C)(N)C#CC(C)(C)O. The Balaban J connectivity index is 4.19. The molecule has 2 nitrogen and oxygen atoms in total. The van der Waals surface area contributed by atoms with Crippen LogP contribution in [-0.4, -0.2) is 16.2 Å². The maximum Gasteiger partial charge on any atom is 0.120 e. The molecule has 0 spiro atoms. The molecule has 0 saturated heterocycles. The predicted molar refractivity (Wildman–Crippen MR) is 42.3 cm³/mol. The normalized spacial score (nSPS) is 12.2. The first-order valence-corrected chi connectivity index (χ1v) is 3.26. The van der Waals surface area contributed by atoms with Crippen molar-refractivity contribution >= 4 is 0 Å². The highest BCUT2D eigenvalue weighted by atomic mass is 16.3. The molecule has 0 aromatic rings. The highest BCUT2D eigenvalue weighted by Gasteiger charge is 2.09. The van der Waals surface area contributed by atoms with Gasteiger partial charge in [0.15, 0.2) is 0 Å². The molecule has 0 saturated carbocycles. The molecule has 0 fully saturated rings.